The monoisotopic (exact) mass is 456 g/mol. The Labute approximate surface area is 197 Å². The molecule has 0 amide bonds. The predicted octanol–water partition coefficient (Wildman–Crippen LogP) is 5.58. The first-order valence-electron chi connectivity index (χ1n) is 11.1. The van der Waals surface area contributed by atoms with Gasteiger partial charge in [0.2, 0.25) is 5.78 Å². The van der Waals surface area contributed by atoms with Gasteiger partial charge in [0.05, 0.1) is 19.1 Å². The molecule has 0 radical (unpaired) electrons. The van der Waals surface area contributed by atoms with Crippen LogP contribution in [0.3, 0.4) is 0 Å². The molecule has 0 spiro atoms. The van der Waals surface area contributed by atoms with Crippen molar-refractivity contribution < 1.29 is 28.9 Å². The summed E-state index contributed by atoms with van der Waals surface area (Å²) in [6.07, 6.45) is 1.78. The minimum absolute atomic E-state index is 0.0320. The topological polar surface area (TPSA) is 82.1 Å². The molecule has 0 saturated carbocycles. The number of carbonyl (C=O) groups excluding carboxylic acids is 2. The largest absolute Gasteiger partial charge is 0.504 e. The van der Waals surface area contributed by atoms with E-state index in [0.717, 1.165) is 5.56 Å². The molecule has 1 atom stereocenters. The number of hydrogen-bond acceptors (Lipinski definition) is 6. The van der Waals surface area contributed by atoms with Crippen LogP contribution in [0, 0.1) is 0 Å². The number of phenolic OH excluding ortho intramolecular Hbond substituents is 1. The number of phenols is 1. The van der Waals surface area contributed by atoms with Crippen molar-refractivity contribution >= 4 is 17.8 Å². The van der Waals surface area contributed by atoms with E-state index in [1.54, 1.807) is 36.4 Å². The third-order valence-electron chi connectivity index (χ3n) is 6.29. The lowest BCUT2D eigenvalue weighted by molar-refractivity contribution is -0.135. The van der Waals surface area contributed by atoms with Crippen LogP contribution in [0.15, 0.2) is 60.4 Å². The number of carbonyl (C=O) groups is 2. The zero-order valence-electron chi connectivity index (χ0n) is 19.1. The zero-order chi connectivity index (χ0) is 24.0. The van der Waals surface area contributed by atoms with Gasteiger partial charge < -0.3 is 19.3 Å². The number of benzene rings is 3. The molecule has 2 aliphatic heterocycles. The number of ether oxygens (including phenoxy) is 3. The second-order valence-electron chi connectivity index (χ2n) is 8.78. The van der Waals surface area contributed by atoms with Crippen LogP contribution >= 0.6 is 0 Å². The molecule has 2 aliphatic rings. The van der Waals surface area contributed by atoms with Crippen molar-refractivity contribution in [2.75, 3.05) is 7.11 Å². The number of Topliss-reactive ketones (excluding diaryl/α,β-unsaturated/α-hetero) is 1. The van der Waals surface area contributed by atoms with Crippen molar-refractivity contribution in [2.45, 2.75) is 32.1 Å². The molecule has 6 nitrogen and oxygen atoms in total. The van der Waals surface area contributed by atoms with Crippen molar-refractivity contribution in [1.29, 1.82) is 0 Å². The standard InChI is InChI=1S/C28H24O6/c1-15(2)17-6-4-16(5-7-17)12-24-27(31)19-9-11-23-26(28(19)34-24)20(14-25(30)33-23)18-8-10-22(32-3)21(29)13-18/h4-13,15,20,29H,14H2,1-3H3/b24-12-/t20-/m0/s1. The van der Waals surface area contributed by atoms with Crippen LogP contribution in [0.2, 0.25) is 0 Å². The number of ketones is 1. The van der Waals surface area contributed by atoms with Crippen molar-refractivity contribution in [3.8, 4) is 23.0 Å². The fourth-order valence-electron chi connectivity index (χ4n) is 4.44. The number of allylic oxidation sites excluding steroid dienone is 1. The van der Waals surface area contributed by atoms with Gasteiger partial charge in [-0.05, 0) is 52.9 Å². The van der Waals surface area contributed by atoms with Gasteiger partial charge in [-0.2, -0.15) is 0 Å². The Morgan fingerprint density at radius 1 is 1.03 bits per heavy atom. The van der Waals surface area contributed by atoms with Gasteiger partial charge in [-0.25, -0.2) is 0 Å². The maximum absolute atomic E-state index is 13.1. The summed E-state index contributed by atoms with van der Waals surface area (Å²) >= 11 is 0. The maximum Gasteiger partial charge on any atom is 0.312 e. The van der Waals surface area contributed by atoms with E-state index in [9.17, 15) is 14.7 Å². The summed E-state index contributed by atoms with van der Waals surface area (Å²) in [5.41, 5.74) is 3.81. The van der Waals surface area contributed by atoms with Crippen LogP contribution in [0.25, 0.3) is 6.08 Å². The third-order valence-corrected chi connectivity index (χ3v) is 6.29. The van der Waals surface area contributed by atoms with E-state index in [4.69, 9.17) is 14.2 Å². The Hall–Kier alpha value is -4.06. The number of esters is 1. The highest BCUT2D eigenvalue weighted by molar-refractivity contribution is 6.15. The average molecular weight is 456 g/mol. The molecule has 3 aromatic rings. The number of rotatable bonds is 4. The Balaban J connectivity index is 1.56. The summed E-state index contributed by atoms with van der Waals surface area (Å²) < 4.78 is 16.7. The fraction of sp³-hybridized carbons (Fsp3) is 0.214. The Bertz CT molecular complexity index is 1330. The average Bonchev–Trinajstić information content (AvgIpc) is 3.13. The fourth-order valence-corrected chi connectivity index (χ4v) is 4.44. The van der Waals surface area contributed by atoms with E-state index in [1.165, 1.54) is 12.7 Å². The molecule has 172 valence electrons. The van der Waals surface area contributed by atoms with E-state index in [0.29, 0.717) is 39.9 Å². The zero-order valence-corrected chi connectivity index (χ0v) is 19.1. The lowest BCUT2D eigenvalue weighted by Gasteiger charge is -2.26. The highest BCUT2D eigenvalue weighted by Crippen LogP contribution is 2.49. The van der Waals surface area contributed by atoms with E-state index in [-0.39, 0.29) is 23.7 Å². The normalized spacial score (nSPS) is 17.9. The first kappa shape index (κ1) is 21.8. The van der Waals surface area contributed by atoms with Crippen molar-refractivity contribution in [1.82, 2.24) is 0 Å². The van der Waals surface area contributed by atoms with Crippen molar-refractivity contribution in [3.05, 3.63) is 88.2 Å². The second-order valence-corrected chi connectivity index (χ2v) is 8.78. The molecule has 3 aromatic carbocycles. The van der Waals surface area contributed by atoms with Gasteiger partial charge in [0.1, 0.15) is 11.5 Å². The Morgan fingerprint density at radius 2 is 1.79 bits per heavy atom. The molecule has 0 aromatic heterocycles. The summed E-state index contributed by atoms with van der Waals surface area (Å²) in [6, 6.07) is 16.2. The van der Waals surface area contributed by atoms with Crippen LogP contribution in [0.4, 0.5) is 0 Å². The molecule has 0 aliphatic carbocycles. The van der Waals surface area contributed by atoms with Gasteiger partial charge >= 0.3 is 5.97 Å². The number of hydrogen-bond donors (Lipinski definition) is 1. The summed E-state index contributed by atoms with van der Waals surface area (Å²) in [7, 11) is 1.47. The Morgan fingerprint density at radius 3 is 2.47 bits per heavy atom. The molecule has 5 rings (SSSR count). The lowest BCUT2D eigenvalue weighted by atomic mass is 9.84. The minimum atomic E-state index is -0.444. The van der Waals surface area contributed by atoms with Crippen LogP contribution in [-0.2, 0) is 4.79 Å². The molecule has 0 saturated heterocycles. The number of fused-ring (bicyclic) bond motifs is 3. The lowest BCUT2D eigenvalue weighted by Crippen LogP contribution is -2.21. The number of aromatic hydroxyl groups is 1. The van der Waals surface area contributed by atoms with Gasteiger partial charge in [-0.3, -0.25) is 9.59 Å². The van der Waals surface area contributed by atoms with Gasteiger partial charge in [0.25, 0.3) is 0 Å². The van der Waals surface area contributed by atoms with E-state index >= 15 is 0 Å². The highest BCUT2D eigenvalue weighted by Gasteiger charge is 2.38. The molecule has 0 bridgehead atoms. The summed E-state index contributed by atoms with van der Waals surface area (Å²) in [5, 5.41) is 10.3. The SMILES string of the molecule is COc1ccc([C@@H]2CC(=O)Oc3ccc4c(c32)O/C(=C\c2ccc(C(C)C)cc2)C4=O)cc1O. The Kier molecular flexibility index (Phi) is 5.36. The molecule has 2 heterocycles. The molecular weight excluding hydrogens is 432 g/mol. The van der Waals surface area contributed by atoms with Crippen molar-refractivity contribution in [3.63, 3.8) is 0 Å². The molecule has 1 N–H and O–H groups in total. The summed E-state index contributed by atoms with van der Waals surface area (Å²) in [6.45, 7) is 4.26. The minimum Gasteiger partial charge on any atom is -0.504 e. The maximum atomic E-state index is 13.1. The molecular formula is C28H24O6. The van der Waals surface area contributed by atoms with Crippen LogP contribution in [0.5, 0.6) is 23.0 Å². The second kappa shape index (κ2) is 8.37. The molecule has 0 unspecified atom stereocenters. The van der Waals surface area contributed by atoms with Crippen molar-refractivity contribution in [2.24, 2.45) is 0 Å². The summed E-state index contributed by atoms with van der Waals surface area (Å²) in [5.74, 6) is 0.618. The first-order valence-corrected chi connectivity index (χ1v) is 11.1. The highest BCUT2D eigenvalue weighted by atomic mass is 16.5. The third kappa shape index (κ3) is 3.71. The van der Waals surface area contributed by atoms with Gasteiger partial charge in [0, 0.05) is 11.5 Å². The van der Waals surface area contributed by atoms with Gasteiger partial charge in [0.15, 0.2) is 17.3 Å². The summed E-state index contributed by atoms with van der Waals surface area (Å²) in [4.78, 5) is 25.5. The van der Waals surface area contributed by atoms with Crippen LogP contribution in [-0.4, -0.2) is 24.0 Å². The van der Waals surface area contributed by atoms with Crippen LogP contribution in [0.1, 0.15) is 64.7 Å². The number of methoxy groups -OCH3 is 1. The quantitative estimate of drug-likeness (QED) is 0.313. The van der Waals surface area contributed by atoms with E-state index in [2.05, 4.69) is 13.8 Å². The van der Waals surface area contributed by atoms with Gasteiger partial charge in [-0.1, -0.05) is 44.2 Å². The van der Waals surface area contributed by atoms with E-state index < -0.39 is 11.9 Å². The first-order chi connectivity index (χ1) is 16.4. The molecule has 0 fully saturated rings. The predicted molar refractivity (Wildman–Crippen MR) is 127 cm³/mol. The molecule has 34 heavy (non-hydrogen) atoms. The van der Waals surface area contributed by atoms with E-state index in [1.807, 2.05) is 24.3 Å². The smallest absolute Gasteiger partial charge is 0.312 e. The molecule has 6 heteroatoms. The van der Waals surface area contributed by atoms with Gasteiger partial charge in [-0.15, -0.1) is 0 Å². The van der Waals surface area contributed by atoms with Crippen LogP contribution < -0.4 is 14.2 Å².